The van der Waals surface area contributed by atoms with Gasteiger partial charge in [0.05, 0.1) is 0 Å². The minimum absolute atomic E-state index is 0.373. The van der Waals surface area contributed by atoms with Crippen molar-refractivity contribution in [2.75, 3.05) is 20.6 Å². The van der Waals surface area contributed by atoms with Gasteiger partial charge in [-0.15, -0.1) is 0 Å². The van der Waals surface area contributed by atoms with Gasteiger partial charge in [0.25, 0.3) is 11.8 Å². The summed E-state index contributed by atoms with van der Waals surface area (Å²) >= 11 is 0. The van der Waals surface area contributed by atoms with Crippen molar-refractivity contribution in [3.8, 4) is 0 Å². The Morgan fingerprint density at radius 2 is 1.82 bits per heavy atom. The summed E-state index contributed by atoms with van der Waals surface area (Å²) < 4.78 is 4.96. The highest BCUT2D eigenvalue weighted by atomic mass is 16.5. The minimum atomic E-state index is -0.967. The number of nitrogens with one attached hydrogen (secondary N) is 1. The molecule has 1 heterocycles. The van der Waals surface area contributed by atoms with Gasteiger partial charge in [-0.3, -0.25) is 19.3 Å². The third kappa shape index (κ3) is 3.37. The molecule has 0 bridgehead atoms. The second-order valence-electron chi connectivity index (χ2n) is 5.48. The Labute approximate surface area is 129 Å². The van der Waals surface area contributed by atoms with E-state index in [1.807, 2.05) is 0 Å². The maximum absolute atomic E-state index is 12.3. The third-order valence-electron chi connectivity index (χ3n) is 3.84. The number of ether oxygens (including phenoxy) is 1. The van der Waals surface area contributed by atoms with Crippen LogP contribution in [0.15, 0.2) is 0 Å². The number of esters is 1. The first-order valence-electron chi connectivity index (χ1n) is 7.23. The van der Waals surface area contributed by atoms with Crippen LogP contribution in [0.1, 0.15) is 33.6 Å². The van der Waals surface area contributed by atoms with E-state index in [9.17, 15) is 19.2 Å². The topological polar surface area (TPSA) is 96.0 Å². The Kier molecular flexibility index (Phi) is 5.51. The molecule has 22 heavy (non-hydrogen) atoms. The Morgan fingerprint density at radius 3 is 2.23 bits per heavy atom. The van der Waals surface area contributed by atoms with Crippen molar-refractivity contribution in [1.82, 2.24) is 15.1 Å². The van der Waals surface area contributed by atoms with Gasteiger partial charge < -0.3 is 15.0 Å². The maximum atomic E-state index is 12.3. The first kappa shape index (κ1) is 17.9. The van der Waals surface area contributed by atoms with Crippen molar-refractivity contribution < 1.29 is 23.9 Å². The molecule has 0 unspecified atom stereocenters. The van der Waals surface area contributed by atoms with Crippen LogP contribution >= 0.6 is 0 Å². The normalized spacial score (nSPS) is 18.0. The number of rotatable bonds is 6. The van der Waals surface area contributed by atoms with Crippen LogP contribution in [-0.2, 0) is 19.1 Å². The fourth-order valence-corrected chi connectivity index (χ4v) is 2.33. The van der Waals surface area contributed by atoms with Crippen LogP contribution in [0.3, 0.4) is 0 Å². The molecule has 0 aromatic rings. The summed E-state index contributed by atoms with van der Waals surface area (Å²) in [4.78, 5) is 49.8. The summed E-state index contributed by atoms with van der Waals surface area (Å²) in [5.41, 5.74) is -0.956. The van der Waals surface area contributed by atoms with Crippen molar-refractivity contribution in [2.45, 2.75) is 45.3 Å². The smallest absolute Gasteiger partial charge is 0.327 e. The molecule has 124 valence electrons. The lowest BCUT2D eigenvalue weighted by Gasteiger charge is -2.23. The highest BCUT2D eigenvalue weighted by Crippen LogP contribution is 2.24. The van der Waals surface area contributed by atoms with Crippen molar-refractivity contribution >= 4 is 23.8 Å². The predicted octanol–water partition coefficient (Wildman–Crippen LogP) is 0.117. The first-order valence-corrected chi connectivity index (χ1v) is 7.23. The van der Waals surface area contributed by atoms with Gasteiger partial charge in [0, 0.05) is 14.1 Å². The van der Waals surface area contributed by atoms with Gasteiger partial charge in [-0.25, -0.2) is 4.79 Å². The first-order chi connectivity index (χ1) is 10.2. The highest BCUT2D eigenvalue weighted by Gasteiger charge is 2.49. The lowest BCUT2D eigenvalue weighted by Crippen LogP contribution is -2.46. The van der Waals surface area contributed by atoms with Gasteiger partial charge in [-0.05, 0) is 19.8 Å². The Bertz CT molecular complexity index is 485. The summed E-state index contributed by atoms with van der Waals surface area (Å²) in [5, 5.41) is 2.62. The molecule has 8 nitrogen and oxygen atoms in total. The van der Waals surface area contributed by atoms with E-state index in [1.54, 1.807) is 27.9 Å². The average Bonchev–Trinajstić information content (AvgIpc) is 2.70. The standard InChI is InChI=1S/C14H23N3O5/c1-6-14(7-2)12(20)17(13(21)15-14)8-10(18)22-9(3)11(19)16(4)5/h9H,6-8H2,1-5H3,(H,15,21)/t9-/m1/s1. The molecule has 1 aliphatic heterocycles. The number of hydrogen-bond acceptors (Lipinski definition) is 5. The van der Waals surface area contributed by atoms with Gasteiger partial charge in [0.15, 0.2) is 6.10 Å². The number of amides is 4. The van der Waals surface area contributed by atoms with E-state index in [-0.39, 0.29) is 5.91 Å². The van der Waals surface area contributed by atoms with Gasteiger partial charge in [-0.1, -0.05) is 13.8 Å². The van der Waals surface area contributed by atoms with E-state index in [0.29, 0.717) is 12.8 Å². The van der Waals surface area contributed by atoms with Crippen molar-refractivity contribution in [1.29, 1.82) is 0 Å². The molecule has 1 saturated heterocycles. The molecular formula is C14H23N3O5. The molecule has 4 amide bonds. The maximum Gasteiger partial charge on any atom is 0.327 e. The summed E-state index contributed by atoms with van der Waals surface area (Å²) in [6.07, 6.45) is -0.0880. The van der Waals surface area contributed by atoms with E-state index >= 15 is 0 Å². The molecule has 1 atom stereocenters. The van der Waals surface area contributed by atoms with Crippen molar-refractivity contribution in [3.63, 3.8) is 0 Å². The third-order valence-corrected chi connectivity index (χ3v) is 3.84. The number of nitrogens with zero attached hydrogens (tertiary/aromatic N) is 2. The average molecular weight is 313 g/mol. The van der Waals surface area contributed by atoms with E-state index in [4.69, 9.17) is 4.74 Å². The van der Waals surface area contributed by atoms with Crippen LogP contribution < -0.4 is 5.32 Å². The van der Waals surface area contributed by atoms with Crippen LogP contribution in [0, 0.1) is 0 Å². The van der Waals surface area contributed by atoms with Crippen LogP contribution in [0.25, 0.3) is 0 Å². The van der Waals surface area contributed by atoms with Crippen molar-refractivity contribution in [2.24, 2.45) is 0 Å². The van der Waals surface area contributed by atoms with E-state index in [1.165, 1.54) is 11.8 Å². The van der Waals surface area contributed by atoms with Crippen LogP contribution in [0.2, 0.25) is 0 Å². The number of imide groups is 1. The Hall–Kier alpha value is -2.12. The second kappa shape index (κ2) is 6.76. The van der Waals surface area contributed by atoms with Gasteiger partial charge in [0.1, 0.15) is 12.1 Å². The van der Waals surface area contributed by atoms with E-state index in [2.05, 4.69) is 5.32 Å². The minimum Gasteiger partial charge on any atom is -0.451 e. The van der Waals surface area contributed by atoms with Gasteiger partial charge >= 0.3 is 12.0 Å². The molecular weight excluding hydrogens is 290 g/mol. The van der Waals surface area contributed by atoms with E-state index in [0.717, 1.165) is 4.90 Å². The SMILES string of the molecule is CCC1(CC)NC(=O)N(CC(=O)O[C@H](C)C(=O)N(C)C)C1=O. The zero-order valence-electron chi connectivity index (χ0n) is 13.6. The lowest BCUT2D eigenvalue weighted by molar-refractivity contribution is -0.159. The van der Waals surface area contributed by atoms with Crippen LogP contribution in [0.4, 0.5) is 4.79 Å². The summed E-state index contributed by atoms with van der Waals surface area (Å²) in [6, 6.07) is -0.614. The summed E-state index contributed by atoms with van der Waals surface area (Å²) in [5.74, 6) is -1.61. The molecule has 1 aliphatic rings. The molecule has 8 heteroatoms. The largest absolute Gasteiger partial charge is 0.451 e. The molecule has 1 fully saturated rings. The molecule has 1 N–H and O–H groups in total. The molecule has 0 radical (unpaired) electrons. The lowest BCUT2D eigenvalue weighted by atomic mass is 9.93. The molecule has 0 spiro atoms. The molecule has 0 saturated carbocycles. The monoisotopic (exact) mass is 313 g/mol. The van der Waals surface area contributed by atoms with Crippen LogP contribution in [0.5, 0.6) is 0 Å². The second-order valence-corrected chi connectivity index (χ2v) is 5.48. The highest BCUT2D eigenvalue weighted by molar-refractivity contribution is 6.08. The van der Waals surface area contributed by atoms with Crippen LogP contribution in [-0.4, -0.2) is 65.9 Å². The number of carbonyl (C=O) groups is 4. The number of carbonyl (C=O) groups excluding carboxylic acids is 4. The van der Waals surface area contributed by atoms with Gasteiger partial charge in [-0.2, -0.15) is 0 Å². The molecule has 0 aromatic heterocycles. The number of hydrogen-bond donors (Lipinski definition) is 1. The zero-order chi connectivity index (χ0) is 17.1. The molecule has 0 aromatic carbocycles. The van der Waals surface area contributed by atoms with Crippen molar-refractivity contribution in [3.05, 3.63) is 0 Å². The summed E-state index contributed by atoms with van der Waals surface area (Å²) in [6.45, 7) is 4.52. The Balaban J connectivity index is 2.71. The fraction of sp³-hybridized carbons (Fsp3) is 0.714. The fourth-order valence-electron chi connectivity index (χ4n) is 2.33. The summed E-state index contributed by atoms with van der Waals surface area (Å²) in [7, 11) is 3.09. The number of likely N-dealkylation sites (N-methyl/N-ethyl adjacent to an activating group) is 1. The molecule has 0 aliphatic carbocycles. The van der Waals surface area contributed by atoms with Gasteiger partial charge in [0.2, 0.25) is 0 Å². The predicted molar refractivity (Wildman–Crippen MR) is 77.8 cm³/mol. The zero-order valence-corrected chi connectivity index (χ0v) is 13.6. The Morgan fingerprint density at radius 1 is 1.27 bits per heavy atom. The molecule has 1 rings (SSSR count). The number of urea groups is 1. The quantitative estimate of drug-likeness (QED) is 0.555. The van der Waals surface area contributed by atoms with E-state index < -0.39 is 36.1 Å².